The van der Waals surface area contributed by atoms with E-state index in [0.717, 1.165) is 34.4 Å². The van der Waals surface area contributed by atoms with Crippen LogP contribution >= 0.6 is 11.8 Å². The summed E-state index contributed by atoms with van der Waals surface area (Å²) in [5, 5.41) is 16.3. The van der Waals surface area contributed by atoms with E-state index in [1.54, 1.807) is 18.0 Å². The van der Waals surface area contributed by atoms with E-state index in [4.69, 9.17) is 0 Å². The summed E-state index contributed by atoms with van der Waals surface area (Å²) in [6, 6.07) is 0. The van der Waals surface area contributed by atoms with E-state index in [9.17, 15) is 0 Å². The predicted molar refractivity (Wildman–Crippen MR) is 64.3 cm³/mol. The van der Waals surface area contributed by atoms with Gasteiger partial charge in [-0.05, 0) is 18.9 Å². The van der Waals surface area contributed by atoms with Crippen LogP contribution in [0.2, 0.25) is 0 Å². The summed E-state index contributed by atoms with van der Waals surface area (Å²) in [5.74, 6) is 1.90. The average Bonchev–Trinajstić information content (AvgIpc) is 2.83. The molecule has 5 nitrogen and oxygen atoms in total. The first kappa shape index (κ1) is 11.2. The van der Waals surface area contributed by atoms with E-state index in [1.165, 1.54) is 0 Å². The number of hydrogen-bond acceptors (Lipinski definition) is 4. The van der Waals surface area contributed by atoms with Gasteiger partial charge in [-0.25, -0.2) is 0 Å². The second kappa shape index (κ2) is 4.69. The third-order valence-electron chi connectivity index (χ3n) is 2.32. The lowest BCUT2D eigenvalue weighted by Gasteiger charge is -2.01. The Morgan fingerprint density at radius 1 is 1.44 bits per heavy atom. The normalized spacial score (nSPS) is 10.9. The number of aryl methyl sites for hydroxylation is 1. The van der Waals surface area contributed by atoms with Crippen molar-refractivity contribution in [1.82, 2.24) is 25.0 Å². The van der Waals surface area contributed by atoms with Gasteiger partial charge in [0.25, 0.3) is 0 Å². The lowest BCUT2D eigenvalue weighted by atomic mass is 10.3. The first-order valence-corrected chi connectivity index (χ1v) is 6.25. The number of nitrogens with one attached hydrogen (secondary N) is 1. The molecule has 0 atom stereocenters. The van der Waals surface area contributed by atoms with Crippen LogP contribution in [0.3, 0.4) is 0 Å². The van der Waals surface area contributed by atoms with E-state index in [2.05, 4.69) is 27.3 Å². The first-order chi connectivity index (χ1) is 7.74. The molecule has 2 heterocycles. The van der Waals surface area contributed by atoms with E-state index < -0.39 is 0 Å². The van der Waals surface area contributed by atoms with Crippen LogP contribution in [0.15, 0.2) is 11.4 Å². The van der Waals surface area contributed by atoms with Crippen molar-refractivity contribution in [3.8, 4) is 11.5 Å². The summed E-state index contributed by atoms with van der Waals surface area (Å²) in [5.41, 5.74) is 2.03. The van der Waals surface area contributed by atoms with Crippen LogP contribution in [0, 0.1) is 6.92 Å². The smallest absolute Gasteiger partial charge is 0.191 e. The molecule has 0 fully saturated rings. The van der Waals surface area contributed by atoms with Crippen LogP contribution in [0.1, 0.15) is 18.9 Å². The maximum absolute atomic E-state index is 4.19. The SMILES string of the molecule is CCCSc1nnc(-c2[nH]ncc2C)n1C. The summed E-state index contributed by atoms with van der Waals surface area (Å²) < 4.78 is 2.00. The summed E-state index contributed by atoms with van der Waals surface area (Å²) in [7, 11) is 1.98. The van der Waals surface area contributed by atoms with Crippen molar-refractivity contribution in [1.29, 1.82) is 0 Å². The van der Waals surface area contributed by atoms with Crippen LogP contribution in [0.5, 0.6) is 0 Å². The molecule has 0 aromatic carbocycles. The van der Waals surface area contributed by atoms with E-state index in [1.807, 2.05) is 18.5 Å². The number of hydrogen-bond donors (Lipinski definition) is 1. The molecule has 0 bridgehead atoms. The quantitative estimate of drug-likeness (QED) is 0.826. The van der Waals surface area contributed by atoms with Crippen LogP contribution in [0.25, 0.3) is 11.5 Å². The summed E-state index contributed by atoms with van der Waals surface area (Å²) in [6.07, 6.45) is 2.93. The third kappa shape index (κ3) is 1.97. The van der Waals surface area contributed by atoms with E-state index in [-0.39, 0.29) is 0 Å². The minimum atomic E-state index is 0.841. The Labute approximate surface area is 98.7 Å². The number of thioether (sulfide) groups is 1. The number of aromatic nitrogens is 5. The topological polar surface area (TPSA) is 59.4 Å². The van der Waals surface area contributed by atoms with Crippen LogP contribution in [-0.2, 0) is 7.05 Å². The summed E-state index contributed by atoms with van der Waals surface area (Å²) in [6.45, 7) is 4.16. The molecule has 0 aliphatic rings. The highest BCUT2D eigenvalue weighted by atomic mass is 32.2. The molecule has 0 saturated heterocycles. The molecule has 2 aromatic rings. The van der Waals surface area contributed by atoms with Gasteiger partial charge in [-0.3, -0.25) is 5.10 Å². The fraction of sp³-hybridized carbons (Fsp3) is 0.500. The fourth-order valence-electron chi connectivity index (χ4n) is 1.42. The van der Waals surface area contributed by atoms with Gasteiger partial charge in [-0.15, -0.1) is 10.2 Å². The van der Waals surface area contributed by atoms with Crippen LogP contribution in [0.4, 0.5) is 0 Å². The predicted octanol–water partition coefficient (Wildman–Crippen LogP) is 2.02. The molecule has 6 heteroatoms. The Morgan fingerprint density at radius 2 is 2.25 bits per heavy atom. The number of aromatic amines is 1. The van der Waals surface area contributed by atoms with Crippen molar-refractivity contribution in [2.45, 2.75) is 25.4 Å². The van der Waals surface area contributed by atoms with Crippen LogP contribution in [-0.4, -0.2) is 30.7 Å². The minimum absolute atomic E-state index is 0.841. The van der Waals surface area contributed by atoms with E-state index in [0.29, 0.717) is 0 Å². The minimum Gasteiger partial charge on any atom is -0.304 e. The van der Waals surface area contributed by atoms with Crippen molar-refractivity contribution >= 4 is 11.8 Å². The standard InChI is InChI=1S/C10H15N5S/c1-4-5-16-10-14-13-9(15(10)3)8-7(2)6-11-12-8/h6H,4-5H2,1-3H3,(H,11,12). The number of H-pyrrole nitrogens is 1. The molecule has 1 N–H and O–H groups in total. The Hall–Kier alpha value is -1.30. The van der Waals surface area contributed by atoms with Crippen LogP contribution < -0.4 is 0 Å². The lowest BCUT2D eigenvalue weighted by Crippen LogP contribution is -1.96. The van der Waals surface area contributed by atoms with Crippen molar-refractivity contribution in [3.05, 3.63) is 11.8 Å². The third-order valence-corrected chi connectivity index (χ3v) is 3.55. The fourth-order valence-corrected chi connectivity index (χ4v) is 2.19. The largest absolute Gasteiger partial charge is 0.304 e. The molecular weight excluding hydrogens is 222 g/mol. The van der Waals surface area contributed by atoms with Crippen molar-refractivity contribution in [2.24, 2.45) is 7.05 Å². The maximum atomic E-state index is 4.19. The Bertz CT molecular complexity index is 473. The van der Waals surface area contributed by atoms with E-state index >= 15 is 0 Å². The molecule has 2 rings (SSSR count). The molecule has 0 aliphatic carbocycles. The van der Waals surface area contributed by atoms with Gasteiger partial charge in [0, 0.05) is 12.8 Å². The van der Waals surface area contributed by atoms with Gasteiger partial charge in [-0.1, -0.05) is 18.7 Å². The van der Waals surface area contributed by atoms with Gasteiger partial charge < -0.3 is 4.57 Å². The zero-order valence-corrected chi connectivity index (χ0v) is 10.5. The second-order valence-corrected chi connectivity index (χ2v) is 4.70. The Morgan fingerprint density at radius 3 is 2.88 bits per heavy atom. The molecule has 86 valence electrons. The van der Waals surface area contributed by atoms with Gasteiger partial charge in [0.15, 0.2) is 11.0 Å². The van der Waals surface area contributed by atoms with Gasteiger partial charge in [0.2, 0.25) is 0 Å². The van der Waals surface area contributed by atoms with Gasteiger partial charge in [-0.2, -0.15) is 5.10 Å². The zero-order valence-electron chi connectivity index (χ0n) is 9.69. The molecule has 0 radical (unpaired) electrons. The van der Waals surface area contributed by atoms with Gasteiger partial charge >= 0.3 is 0 Å². The molecule has 0 spiro atoms. The van der Waals surface area contributed by atoms with Gasteiger partial charge in [0.1, 0.15) is 5.69 Å². The van der Waals surface area contributed by atoms with Gasteiger partial charge in [0.05, 0.1) is 6.20 Å². The highest BCUT2D eigenvalue weighted by Gasteiger charge is 2.13. The lowest BCUT2D eigenvalue weighted by molar-refractivity contribution is 0.790. The molecule has 16 heavy (non-hydrogen) atoms. The highest BCUT2D eigenvalue weighted by Crippen LogP contribution is 2.23. The molecule has 0 saturated carbocycles. The Balaban J connectivity index is 2.30. The number of nitrogens with zero attached hydrogens (tertiary/aromatic N) is 4. The zero-order chi connectivity index (χ0) is 11.5. The summed E-state index contributed by atoms with van der Waals surface area (Å²) >= 11 is 1.73. The average molecular weight is 237 g/mol. The summed E-state index contributed by atoms with van der Waals surface area (Å²) in [4.78, 5) is 0. The maximum Gasteiger partial charge on any atom is 0.191 e. The number of rotatable bonds is 4. The second-order valence-electron chi connectivity index (χ2n) is 3.64. The van der Waals surface area contributed by atoms with Crippen molar-refractivity contribution < 1.29 is 0 Å². The molecule has 2 aromatic heterocycles. The van der Waals surface area contributed by atoms with Crippen molar-refractivity contribution in [3.63, 3.8) is 0 Å². The molecule has 0 unspecified atom stereocenters. The molecule has 0 aliphatic heterocycles. The Kier molecular flexibility index (Phi) is 3.28. The highest BCUT2D eigenvalue weighted by molar-refractivity contribution is 7.99. The first-order valence-electron chi connectivity index (χ1n) is 5.26. The molecular formula is C10H15N5S. The van der Waals surface area contributed by atoms with Crippen molar-refractivity contribution in [2.75, 3.05) is 5.75 Å². The monoisotopic (exact) mass is 237 g/mol. The molecule has 0 amide bonds.